The Balaban J connectivity index is 1.13. The molecular formula is C45H38N4. The van der Waals surface area contributed by atoms with Crippen LogP contribution < -0.4 is 15.2 Å². The zero-order chi connectivity index (χ0) is 33.4. The lowest BCUT2D eigenvalue weighted by Crippen LogP contribution is -2.09. The van der Waals surface area contributed by atoms with Crippen molar-refractivity contribution in [2.24, 2.45) is 5.10 Å². The van der Waals surface area contributed by atoms with Gasteiger partial charge in [-0.2, -0.15) is 5.10 Å². The van der Waals surface area contributed by atoms with Gasteiger partial charge in [0.1, 0.15) is 0 Å². The van der Waals surface area contributed by atoms with Crippen LogP contribution in [-0.2, 0) is 0 Å². The first-order valence-electron chi connectivity index (χ1n) is 16.6. The van der Waals surface area contributed by atoms with Crippen molar-refractivity contribution in [2.45, 2.75) is 13.8 Å². The maximum Gasteiger partial charge on any atom is 0.0652 e. The zero-order valence-corrected chi connectivity index (χ0v) is 27.7. The molecule has 0 radical (unpaired) electrons. The van der Waals surface area contributed by atoms with Crippen molar-refractivity contribution in [2.75, 3.05) is 15.2 Å². The van der Waals surface area contributed by atoms with Crippen LogP contribution in [0.15, 0.2) is 187 Å². The minimum atomic E-state index is 1.01. The monoisotopic (exact) mass is 634 g/mol. The number of hydrogen-bond acceptors (Lipinski definition) is 4. The van der Waals surface area contributed by atoms with Crippen molar-refractivity contribution in [1.29, 1.82) is 0 Å². The van der Waals surface area contributed by atoms with Gasteiger partial charge in [0.2, 0.25) is 0 Å². The number of rotatable bonds is 10. The van der Waals surface area contributed by atoms with Crippen molar-refractivity contribution in [3.8, 4) is 11.1 Å². The number of aryl methyl sites for hydroxylation is 2. The fourth-order valence-corrected chi connectivity index (χ4v) is 6.08. The van der Waals surface area contributed by atoms with E-state index in [0.29, 0.717) is 0 Å². The summed E-state index contributed by atoms with van der Waals surface area (Å²) < 4.78 is 0. The first kappa shape index (κ1) is 31.2. The Morgan fingerprint density at radius 3 is 1.65 bits per heavy atom. The van der Waals surface area contributed by atoms with Crippen molar-refractivity contribution in [1.82, 2.24) is 0 Å². The summed E-state index contributed by atoms with van der Waals surface area (Å²) in [5.74, 6) is 0. The molecule has 4 nitrogen and oxygen atoms in total. The second kappa shape index (κ2) is 14.6. The van der Waals surface area contributed by atoms with Crippen LogP contribution in [0.3, 0.4) is 0 Å². The molecule has 7 aromatic carbocycles. The van der Waals surface area contributed by atoms with E-state index in [2.05, 4.69) is 170 Å². The maximum absolute atomic E-state index is 4.86. The average molecular weight is 635 g/mol. The molecule has 0 aliphatic heterocycles. The molecule has 0 amide bonds. The summed E-state index contributed by atoms with van der Waals surface area (Å²) in [6, 6.07) is 63.2. The van der Waals surface area contributed by atoms with Crippen LogP contribution in [-0.4, -0.2) is 6.21 Å². The lowest BCUT2D eigenvalue weighted by atomic mass is 9.97. The maximum atomic E-state index is 4.86. The fraction of sp³-hybridized carbons (Fsp3) is 0.0444. The zero-order valence-electron chi connectivity index (χ0n) is 27.7. The second-order valence-electron chi connectivity index (χ2n) is 12.0. The second-order valence-corrected chi connectivity index (χ2v) is 12.0. The quantitative estimate of drug-likeness (QED) is 0.120. The first-order valence-corrected chi connectivity index (χ1v) is 16.6. The fourth-order valence-electron chi connectivity index (χ4n) is 6.08. The van der Waals surface area contributed by atoms with Crippen molar-refractivity contribution < 1.29 is 0 Å². The number of hydrogen-bond donors (Lipinski definition) is 1. The van der Waals surface area contributed by atoms with Gasteiger partial charge in [-0.05, 0) is 115 Å². The van der Waals surface area contributed by atoms with E-state index in [1.807, 2.05) is 47.6 Å². The summed E-state index contributed by atoms with van der Waals surface area (Å²) in [5, 5.41) is 10.5. The highest BCUT2D eigenvalue weighted by Gasteiger charge is 2.14. The Hall–Kier alpha value is -6.39. The predicted molar refractivity (Wildman–Crippen MR) is 208 cm³/mol. The molecule has 238 valence electrons. The van der Waals surface area contributed by atoms with Crippen LogP contribution in [0, 0.1) is 13.8 Å². The summed E-state index contributed by atoms with van der Waals surface area (Å²) in [7, 11) is 0. The van der Waals surface area contributed by atoms with Gasteiger partial charge in [0.15, 0.2) is 0 Å². The van der Waals surface area contributed by atoms with Crippen LogP contribution in [0.1, 0.15) is 16.7 Å². The molecule has 7 aromatic rings. The normalized spacial score (nSPS) is 11.0. The highest BCUT2D eigenvalue weighted by Crippen LogP contribution is 2.38. The average Bonchev–Trinajstić information content (AvgIpc) is 3.14. The summed E-state index contributed by atoms with van der Waals surface area (Å²) in [4.78, 5) is 2.30. The van der Waals surface area contributed by atoms with Crippen LogP contribution >= 0.6 is 0 Å². The lowest BCUT2D eigenvalue weighted by molar-refractivity contribution is 1.09. The summed E-state index contributed by atoms with van der Waals surface area (Å²) >= 11 is 0. The third-order valence-corrected chi connectivity index (χ3v) is 8.47. The number of benzene rings is 7. The highest BCUT2D eigenvalue weighted by molar-refractivity contribution is 5.87. The van der Waals surface area contributed by atoms with E-state index in [1.54, 1.807) is 0 Å². The van der Waals surface area contributed by atoms with Gasteiger partial charge in [0.05, 0.1) is 17.6 Å². The third kappa shape index (κ3) is 7.29. The van der Waals surface area contributed by atoms with E-state index in [-0.39, 0.29) is 0 Å². The number of nitrogens with one attached hydrogen (secondary N) is 1. The molecule has 7 rings (SSSR count). The molecule has 0 bridgehead atoms. The lowest BCUT2D eigenvalue weighted by Gasteiger charge is -2.26. The van der Waals surface area contributed by atoms with E-state index in [9.17, 15) is 0 Å². The molecule has 1 N–H and O–H groups in total. The summed E-state index contributed by atoms with van der Waals surface area (Å²) in [6.45, 7) is 4.30. The Bertz CT molecular complexity index is 2100. The molecule has 0 unspecified atom stereocenters. The van der Waals surface area contributed by atoms with E-state index in [4.69, 9.17) is 5.10 Å². The predicted octanol–water partition coefficient (Wildman–Crippen LogP) is 12.4. The van der Waals surface area contributed by atoms with Crippen molar-refractivity contribution in [3.63, 3.8) is 0 Å². The van der Waals surface area contributed by atoms with Crippen LogP contribution in [0.25, 0.3) is 11.1 Å². The Kier molecular flexibility index (Phi) is 9.29. The van der Waals surface area contributed by atoms with E-state index in [0.717, 1.165) is 50.9 Å². The SMILES string of the molecule is Cc1cccc(N(c2ccccc2)c2ccc(-c3c(C)cccc3Nc3ccc(C=NN(c4ccccc4)c4ccccc4)cc3)cc2)c1. The first-order chi connectivity index (χ1) is 24.1. The van der Waals surface area contributed by atoms with Gasteiger partial charge in [-0.3, -0.25) is 0 Å². The number of nitrogens with zero attached hydrogens (tertiary/aromatic N) is 3. The molecule has 0 heterocycles. The molecule has 0 atom stereocenters. The molecule has 0 aliphatic rings. The van der Waals surface area contributed by atoms with Crippen LogP contribution in [0.4, 0.5) is 39.8 Å². The Labute approximate surface area is 289 Å². The molecule has 0 fully saturated rings. The highest BCUT2D eigenvalue weighted by atomic mass is 15.5. The van der Waals surface area contributed by atoms with Crippen molar-refractivity contribution in [3.05, 3.63) is 199 Å². The molecular weight excluding hydrogens is 597 g/mol. The molecule has 49 heavy (non-hydrogen) atoms. The van der Waals surface area contributed by atoms with Gasteiger partial charge in [-0.1, -0.05) is 103 Å². The molecule has 4 heteroatoms. The third-order valence-electron chi connectivity index (χ3n) is 8.47. The van der Waals surface area contributed by atoms with Gasteiger partial charge >= 0.3 is 0 Å². The van der Waals surface area contributed by atoms with Crippen LogP contribution in [0.5, 0.6) is 0 Å². The largest absolute Gasteiger partial charge is 0.355 e. The van der Waals surface area contributed by atoms with Gasteiger partial charge < -0.3 is 10.2 Å². The summed E-state index contributed by atoms with van der Waals surface area (Å²) in [5.41, 5.74) is 13.3. The van der Waals surface area contributed by atoms with Crippen LogP contribution in [0.2, 0.25) is 0 Å². The van der Waals surface area contributed by atoms with Gasteiger partial charge in [0, 0.05) is 34.0 Å². The molecule has 0 saturated heterocycles. The smallest absolute Gasteiger partial charge is 0.0652 e. The van der Waals surface area contributed by atoms with E-state index in [1.165, 1.54) is 16.7 Å². The molecule has 0 saturated carbocycles. The number of para-hydroxylation sites is 3. The minimum Gasteiger partial charge on any atom is -0.355 e. The molecule has 0 aliphatic carbocycles. The standard InChI is InChI=1S/C45H38N4/c1-34-14-12-22-43(32-34)48(39-16-6-3-7-17-39)40-30-26-37(27-31-40)45-35(2)15-13-23-44(45)47-38-28-24-36(25-29-38)33-46-49(41-18-8-4-9-19-41)42-20-10-5-11-21-42/h3-33,47H,1-2H3. The van der Waals surface area contributed by atoms with E-state index >= 15 is 0 Å². The Morgan fingerprint density at radius 2 is 1.04 bits per heavy atom. The molecule has 0 aromatic heterocycles. The van der Waals surface area contributed by atoms with Gasteiger partial charge in [0.25, 0.3) is 0 Å². The van der Waals surface area contributed by atoms with Gasteiger partial charge in [-0.25, -0.2) is 5.01 Å². The number of hydrazone groups is 1. The topological polar surface area (TPSA) is 30.9 Å². The van der Waals surface area contributed by atoms with Crippen molar-refractivity contribution >= 4 is 46.0 Å². The van der Waals surface area contributed by atoms with E-state index < -0.39 is 0 Å². The van der Waals surface area contributed by atoms with Gasteiger partial charge in [-0.15, -0.1) is 0 Å². The minimum absolute atomic E-state index is 1.01. The molecule has 0 spiro atoms. The summed E-state index contributed by atoms with van der Waals surface area (Å²) in [6.07, 6.45) is 1.90. The Morgan fingerprint density at radius 1 is 0.490 bits per heavy atom. The number of anilines is 7.